The summed E-state index contributed by atoms with van der Waals surface area (Å²) in [6.07, 6.45) is 2.52. The summed E-state index contributed by atoms with van der Waals surface area (Å²) in [6.45, 7) is 1.80. The average Bonchev–Trinajstić information content (AvgIpc) is 2.52. The lowest BCUT2D eigenvalue weighted by atomic mass is 9.80. The van der Waals surface area contributed by atoms with Gasteiger partial charge < -0.3 is 20.3 Å². The maximum absolute atomic E-state index is 11.8. The highest BCUT2D eigenvalue weighted by Crippen LogP contribution is 1.99. The molecule has 1 aromatic carbocycles. The molecule has 0 aliphatic rings. The predicted octanol–water partition coefficient (Wildman–Crippen LogP) is -1.62. The number of aromatic nitrogens is 2. The van der Waals surface area contributed by atoms with Gasteiger partial charge in [-0.05, 0) is 24.0 Å². The van der Waals surface area contributed by atoms with Crippen LogP contribution in [-0.2, 0) is 11.3 Å². The third-order valence-electron chi connectivity index (χ3n) is 3.32. The molecule has 1 heterocycles. The largest absolute Gasteiger partial charge is 0.488 e. The number of aromatic amines is 2. The van der Waals surface area contributed by atoms with Crippen molar-refractivity contribution in [3.63, 3.8) is 0 Å². The third-order valence-corrected chi connectivity index (χ3v) is 3.32. The van der Waals surface area contributed by atoms with Crippen molar-refractivity contribution in [3.05, 3.63) is 68.0 Å². The first-order valence-electron chi connectivity index (χ1n) is 7.11. The molecule has 5 N–H and O–H groups in total. The molecule has 0 spiro atoms. The van der Waals surface area contributed by atoms with Crippen LogP contribution in [0.3, 0.4) is 0 Å². The minimum absolute atomic E-state index is 0.200. The maximum atomic E-state index is 11.8. The second-order valence-corrected chi connectivity index (χ2v) is 5.11. The van der Waals surface area contributed by atoms with Crippen molar-refractivity contribution in [1.82, 2.24) is 15.3 Å². The molecule has 0 saturated heterocycles. The molecular formula is C15H16BN3O5. The lowest BCUT2D eigenvalue weighted by Gasteiger charge is -2.04. The van der Waals surface area contributed by atoms with Gasteiger partial charge in [0.2, 0.25) is 5.91 Å². The first-order chi connectivity index (χ1) is 11.4. The van der Waals surface area contributed by atoms with Gasteiger partial charge in [-0.1, -0.05) is 24.3 Å². The molecule has 2 rings (SSSR count). The van der Waals surface area contributed by atoms with Gasteiger partial charge in [0.15, 0.2) is 0 Å². The zero-order valence-electron chi connectivity index (χ0n) is 12.9. The number of benzene rings is 1. The van der Waals surface area contributed by atoms with Gasteiger partial charge in [-0.25, -0.2) is 4.79 Å². The normalized spacial score (nSPS) is 10.8. The van der Waals surface area contributed by atoms with E-state index in [-0.39, 0.29) is 12.1 Å². The smallest absolute Gasteiger partial charge is 0.423 e. The zero-order chi connectivity index (χ0) is 17.7. The molecule has 0 radical (unpaired) electrons. The Morgan fingerprint density at radius 2 is 1.88 bits per heavy atom. The monoisotopic (exact) mass is 329 g/mol. The molecule has 1 aromatic heterocycles. The molecule has 0 bridgehead atoms. The van der Waals surface area contributed by atoms with Crippen LogP contribution in [0.15, 0.2) is 39.9 Å². The molecule has 8 nitrogen and oxygen atoms in total. The standard InChI is InChI=1S/C15H16BN3O5/c1-9-12(14(21)19-15(22)18-9)6-7-13(20)17-8-10-2-4-11(5-3-10)16(23)24/h2-7,23-24H,8H2,1H3,(H,17,20)(H2,18,19,21,22). The number of carbonyl (C=O) groups excluding carboxylic acids is 1. The number of carbonyl (C=O) groups is 1. The van der Waals surface area contributed by atoms with Gasteiger partial charge in [0.1, 0.15) is 0 Å². The van der Waals surface area contributed by atoms with E-state index in [4.69, 9.17) is 10.0 Å². The van der Waals surface area contributed by atoms with Crippen LogP contribution in [0, 0.1) is 6.92 Å². The molecule has 0 fully saturated rings. The van der Waals surface area contributed by atoms with Gasteiger partial charge in [0.25, 0.3) is 5.56 Å². The summed E-state index contributed by atoms with van der Waals surface area (Å²) in [5, 5.41) is 20.6. The molecule has 1 amide bonds. The Balaban J connectivity index is 1.98. The number of rotatable bonds is 5. The Morgan fingerprint density at radius 1 is 1.21 bits per heavy atom. The fourth-order valence-corrected chi connectivity index (χ4v) is 2.03. The first-order valence-corrected chi connectivity index (χ1v) is 7.11. The number of hydrogen-bond donors (Lipinski definition) is 5. The number of nitrogens with one attached hydrogen (secondary N) is 3. The molecule has 0 aliphatic carbocycles. The van der Waals surface area contributed by atoms with E-state index in [0.717, 1.165) is 5.56 Å². The van der Waals surface area contributed by atoms with E-state index >= 15 is 0 Å². The van der Waals surface area contributed by atoms with E-state index in [2.05, 4.69) is 15.3 Å². The van der Waals surface area contributed by atoms with Crippen LogP contribution in [0.1, 0.15) is 16.8 Å². The Hall–Kier alpha value is -2.91. The molecule has 9 heteroatoms. The van der Waals surface area contributed by atoms with Crippen LogP contribution in [-0.4, -0.2) is 33.0 Å². The lowest BCUT2D eigenvalue weighted by Crippen LogP contribution is -2.29. The average molecular weight is 329 g/mol. The van der Waals surface area contributed by atoms with E-state index in [1.165, 1.54) is 12.2 Å². The zero-order valence-corrected chi connectivity index (χ0v) is 12.9. The van der Waals surface area contributed by atoms with Crippen LogP contribution in [0.25, 0.3) is 6.08 Å². The summed E-state index contributed by atoms with van der Waals surface area (Å²) in [6, 6.07) is 6.42. The quantitative estimate of drug-likeness (QED) is 0.332. The van der Waals surface area contributed by atoms with E-state index in [0.29, 0.717) is 11.2 Å². The SMILES string of the molecule is Cc1[nH]c(=O)[nH]c(=O)c1C=CC(=O)NCc1ccc(B(O)O)cc1. The lowest BCUT2D eigenvalue weighted by molar-refractivity contribution is -0.116. The van der Waals surface area contributed by atoms with Gasteiger partial charge in [0, 0.05) is 18.3 Å². The highest BCUT2D eigenvalue weighted by Gasteiger charge is 2.09. The van der Waals surface area contributed by atoms with E-state index in [1.807, 2.05) is 0 Å². The van der Waals surface area contributed by atoms with Crippen LogP contribution in [0.5, 0.6) is 0 Å². The fraction of sp³-hybridized carbons (Fsp3) is 0.133. The number of amides is 1. The van der Waals surface area contributed by atoms with Gasteiger partial charge >= 0.3 is 12.8 Å². The highest BCUT2D eigenvalue weighted by molar-refractivity contribution is 6.58. The van der Waals surface area contributed by atoms with Crippen molar-refractivity contribution in [2.45, 2.75) is 13.5 Å². The highest BCUT2D eigenvalue weighted by atomic mass is 16.4. The summed E-state index contributed by atoms with van der Waals surface area (Å²) >= 11 is 0. The van der Waals surface area contributed by atoms with Gasteiger partial charge in [-0.15, -0.1) is 0 Å². The summed E-state index contributed by atoms with van der Waals surface area (Å²) in [4.78, 5) is 39.0. The minimum Gasteiger partial charge on any atom is -0.423 e. The van der Waals surface area contributed by atoms with E-state index < -0.39 is 24.3 Å². The fourth-order valence-electron chi connectivity index (χ4n) is 2.03. The Labute approximate surface area is 137 Å². The predicted molar refractivity (Wildman–Crippen MR) is 89.6 cm³/mol. The Kier molecular flexibility index (Phi) is 5.51. The Morgan fingerprint density at radius 3 is 2.46 bits per heavy atom. The molecule has 0 aliphatic heterocycles. The molecule has 0 atom stereocenters. The maximum Gasteiger partial charge on any atom is 0.488 e. The summed E-state index contributed by atoms with van der Waals surface area (Å²) < 4.78 is 0. The Bertz CT molecular complexity index is 868. The number of aryl methyl sites for hydroxylation is 1. The summed E-state index contributed by atoms with van der Waals surface area (Å²) in [5.74, 6) is -0.411. The molecule has 24 heavy (non-hydrogen) atoms. The number of H-pyrrole nitrogens is 2. The third kappa shape index (κ3) is 4.54. The van der Waals surface area contributed by atoms with Gasteiger partial charge in [0.05, 0.1) is 5.56 Å². The van der Waals surface area contributed by atoms with Gasteiger partial charge in [-0.2, -0.15) is 0 Å². The summed E-state index contributed by atoms with van der Waals surface area (Å²) in [5.41, 5.74) is 0.531. The summed E-state index contributed by atoms with van der Waals surface area (Å²) in [7, 11) is -1.53. The van der Waals surface area contributed by atoms with Crippen LogP contribution in [0.2, 0.25) is 0 Å². The van der Waals surface area contributed by atoms with Crippen molar-refractivity contribution >= 4 is 24.6 Å². The molecular weight excluding hydrogens is 313 g/mol. The first kappa shape index (κ1) is 17.4. The second-order valence-electron chi connectivity index (χ2n) is 5.11. The van der Waals surface area contributed by atoms with Crippen molar-refractivity contribution in [3.8, 4) is 0 Å². The van der Waals surface area contributed by atoms with Crippen LogP contribution >= 0.6 is 0 Å². The van der Waals surface area contributed by atoms with E-state index in [1.54, 1.807) is 31.2 Å². The molecule has 2 aromatic rings. The van der Waals surface area contributed by atoms with Crippen molar-refractivity contribution in [2.75, 3.05) is 0 Å². The topological polar surface area (TPSA) is 135 Å². The molecule has 0 unspecified atom stereocenters. The van der Waals surface area contributed by atoms with Crippen LogP contribution < -0.4 is 22.0 Å². The minimum atomic E-state index is -1.53. The second kappa shape index (κ2) is 7.58. The van der Waals surface area contributed by atoms with Gasteiger partial charge in [-0.3, -0.25) is 14.6 Å². The molecule has 0 saturated carbocycles. The van der Waals surface area contributed by atoms with E-state index in [9.17, 15) is 14.4 Å². The van der Waals surface area contributed by atoms with Crippen molar-refractivity contribution in [1.29, 1.82) is 0 Å². The molecule has 124 valence electrons. The number of hydrogen-bond acceptors (Lipinski definition) is 5. The van der Waals surface area contributed by atoms with Crippen LogP contribution in [0.4, 0.5) is 0 Å². The van der Waals surface area contributed by atoms with Crippen molar-refractivity contribution < 1.29 is 14.8 Å². The van der Waals surface area contributed by atoms with Crippen molar-refractivity contribution in [2.24, 2.45) is 0 Å².